The maximum Gasteiger partial charge on any atom is 0.191 e. The molecule has 2 heterocycles. The molecule has 0 aromatic carbocycles. The summed E-state index contributed by atoms with van der Waals surface area (Å²) in [6, 6.07) is 3.78. The Hall–Kier alpha value is -1.13. The zero-order valence-electron chi connectivity index (χ0n) is 14.1. The molecule has 0 fully saturated rings. The van der Waals surface area contributed by atoms with E-state index in [1.165, 1.54) is 4.88 Å². The van der Waals surface area contributed by atoms with Gasteiger partial charge in [0.15, 0.2) is 5.96 Å². The lowest BCUT2D eigenvalue weighted by molar-refractivity contribution is 0.105. The fourth-order valence-electron chi connectivity index (χ4n) is 1.91. The lowest BCUT2D eigenvalue weighted by Crippen LogP contribution is -2.38. The summed E-state index contributed by atoms with van der Waals surface area (Å²) in [4.78, 5) is 10.1. The minimum Gasteiger partial charge on any atom is -0.467 e. The van der Waals surface area contributed by atoms with E-state index < -0.39 is 0 Å². The van der Waals surface area contributed by atoms with E-state index in [2.05, 4.69) is 34.5 Å². The van der Waals surface area contributed by atoms with Gasteiger partial charge < -0.3 is 19.8 Å². The van der Waals surface area contributed by atoms with Crippen molar-refractivity contribution < 1.29 is 9.15 Å². The van der Waals surface area contributed by atoms with Gasteiger partial charge in [-0.3, -0.25) is 0 Å². The van der Waals surface area contributed by atoms with Gasteiger partial charge in [-0.1, -0.05) is 0 Å². The highest BCUT2D eigenvalue weighted by molar-refractivity contribution is 14.0. The molecule has 0 radical (unpaired) electrons. The Labute approximate surface area is 164 Å². The molecule has 0 spiro atoms. The second kappa shape index (κ2) is 12.3. The van der Waals surface area contributed by atoms with E-state index in [4.69, 9.17) is 9.15 Å². The van der Waals surface area contributed by atoms with Crippen LogP contribution in [0.4, 0.5) is 0 Å². The third kappa shape index (κ3) is 8.11. The maximum absolute atomic E-state index is 5.55. The number of hydrogen-bond donors (Lipinski definition) is 2. The van der Waals surface area contributed by atoms with Gasteiger partial charge in [-0.25, -0.2) is 9.98 Å². The first kappa shape index (κ1) is 20.9. The van der Waals surface area contributed by atoms with Crippen molar-refractivity contribution in [2.75, 3.05) is 19.7 Å². The predicted molar refractivity (Wildman–Crippen MR) is 108 cm³/mol. The summed E-state index contributed by atoms with van der Waals surface area (Å²) in [6.45, 7) is 7.54. The molecule has 6 nitrogen and oxygen atoms in total. The molecule has 0 aliphatic rings. The molecule has 2 N–H and O–H groups in total. The fraction of sp³-hybridized carbons (Fsp3) is 0.500. The Bertz CT molecular complexity index is 587. The first-order valence-corrected chi connectivity index (χ1v) is 8.63. The molecule has 8 heteroatoms. The standard InChI is InChI=1S/C16H24N4O2S.HI/c1-3-17-16(20-11-15-19-10-13(2)23-15)18-7-5-8-21-12-14-6-4-9-22-14;/h4,6,9-10H,3,5,7-8,11-12H2,1-2H3,(H2,17,18,20);1H. The van der Waals surface area contributed by atoms with Crippen LogP contribution in [0.2, 0.25) is 0 Å². The van der Waals surface area contributed by atoms with Gasteiger partial charge in [0.1, 0.15) is 17.4 Å². The summed E-state index contributed by atoms with van der Waals surface area (Å²) < 4.78 is 10.8. The number of ether oxygens (including phenoxy) is 1. The average Bonchev–Trinajstić information content (AvgIpc) is 3.19. The number of nitrogens with one attached hydrogen (secondary N) is 2. The van der Waals surface area contributed by atoms with Crippen LogP contribution in [-0.2, 0) is 17.9 Å². The van der Waals surface area contributed by atoms with Gasteiger partial charge in [0.05, 0.1) is 12.8 Å². The number of guanidine groups is 1. The van der Waals surface area contributed by atoms with Crippen LogP contribution in [0.1, 0.15) is 29.0 Å². The lowest BCUT2D eigenvalue weighted by Gasteiger charge is -2.10. The van der Waals surface area contributed by atoms with Crippen LogP contribution in [0.15, 0.2) is 34.0 Å². The van der Waals surface area contributed by atoms with Crippen LogP contribution >= 0.6 is 35.3 Å². The Morgan fingerprint density at radius 1 is 1.42 bits per heavy atom. The van der Waals surface area contributed by atoms with Gasteiger partial charge in [-0.2, -0.15) is 0 Å². The highest BCUT2D eigenvalue weighted by Gasteiger charge is 2.01. The summed E-state index contributed by atoms with van der Waals surface area (Å²) >= 11 is 1.68. The van der Waals surface area contributed by atoms with Gasteiger partial charge in [0.2, 0.25) is 0 Å². The molecule has 0 atom stereocenters. The minimum absolute atomic E-state index is 0. The van der Waals surface area contributed by atoms with Crippen molar-refractivity contribution in [3.63, 3.8) is 0 Å². The Morgan fingerprint density at radius 3 is 2.96 bits per heavy atom. The summed E-state index contributed by atoms with van der Waals surface area (Å²) in [6.07, 6.45) is 4.44. The molecule has 134 valence electrons. The molecule has 0 saturated carbocycles. The zero-order valence-corrected chi connectivity index (χ0v) is 17.2. The van der Waals surface area contributed by atoms with Crippen LogP contribution in [-0.4, -0.2) is 30.6 Å². The molecule has 0 saturated heterocycles. The van der Waals surface area contributed by atoms with E-state index in [1.807, 2.05) is 18.3 Å². The van der Waals surface area contributed by atoms with Crippen molar-refractivity contribution in [3.05, 3.63) is 40.2 Å². The zero-order chi connectivity index (χ0) is 16.3. The highest BCUT2D eigenvalue weighted by atomic mass is 127. The van der Waals surface area contributed by atoms with E-state index >= 15 is 0 Å². The first-order chi connectivity index (χ1) is 11.3. The number of thiazole rings is 1. The molecule has 24 heavy (non-hydrogen) atoms. The molecular weight excluding hydrogens is 439 g/mol. The minimum atomic E-state index is 0. The number of nitrogens with zero attached hydrogens (tertiary/aromatic N) is 2. The van der Waals surface area contributed by atoms with Crippen molar-refractivity contribution in [1.82, 2.24) is 15.6 Å². The molecule has 0 amide bonds. The topological polar surface area (TPSA) is 71.7 Å². The quantitative estimate of drug-likeness (QED) is 0.258. The van der Waals surface area contributed by atoms with E-state index in [1.54, 1.807) is 17.6 Å². The number of hydrogen-bond acceptors (Lipinski definition) is 5. The molecule has 2 aromatic heterocycles. The Morgan fingerprint density at radius 2 is 2.29 bits per heavy atom. The smallest absolute Gasteiger partial charge is 0.191 e. The van der Waals surface area contributed by atoms with Crippen molar-refractivity contribution >= 4 is 41.3 Å². The fourth-order valence-corrected chi connectivity index (χ4v) is 2.62. The number of aromatic nitrogens is 1. The largest absolute Gasteiger partial charge is 0.467 e. The normalized spacial score (nSPS) is 11.2. The lowest BCUT2D eigenvalue weighted by atomic mass is 10.4. The number of rotatable bonds is 9. The van der Waals surface area contributed by atoms with E-state index in [-0.39, 0.29) is 24.0 Å². The van der Waals surface area contributed by atoms with Crippen LogP contribution < -0.4 is 10.6 Å². The third-order valence-electron chi connectivity index (χ3n) is 2.97. The molecular formula is C16H25IN4O2S. The first-order valence-electron chi connectivity index (χ1n) is 7.81. The molecule has 0 unspecified atom stereocenters. The number of aliphatic imine (C=N–C) groups is 1. The summed E-state index contributed by atoms with van der Waals surface area (Å²) in [5, 5.41) is 7.57. The van der Waals surface area contributed by atoms with Gasteiger partial charge in [0.25, 0.3) is 0 Å². The molecule has 2 aromatic rings. The predicted octanol–water partition coefficient (Wildman–Crippen LogP) is 3.32. The highest BCUT2D eigenvalue weighted by Crippen LogP contribution is 2.11. The van der Waals surface area contributed by atoms with Crippen LogP contribution in [0.25, 0.3) is 0 Å². The van der Waals surface area contributed by atoms with Gasteiger partial charge in [0, 0.05) is 30.8 Å². The number of aryl methyl sites for hydroxylation is 1. The van der Waals surface area contributed by atoms with Gasteiger partial charge in [-0.05, 0) is 32.4 Å². The van der Waals surface area contributed by atoms with Crippen molar-refractivity contribution in [1.29, 1.82) is 0 Å². The van der Waals surface area contributed by atoms with Crippen molar-refractivity contribution in [3.8, 4) is 0 Å². The van der Waals surface area contributed by atoms with Gasteiger partial charge >= 0.3 is 0 Å². The average molecular weight is 464 g/mol. The molecule has 0 bridgehead atoms. The van der Waals surface area contributed by atoms with Crippen molar-refractivity contribution in [2.45, 2.75) is 33.4 Å². The number of halogens is 1. The summed E-state index contributed by atoms with van der Waals surface area (Å²) in [7, 11) is 0. The summed E-state index contributed by atoms with van der Waals surface area (Å²) in [5.41, 5.74) is 0. The monoisotopic (exact) mass is 464 g/mol. The second-order valence-corrected chi connectivity index (χ2v) is 6.29. The van der Waals surface area contributed by atoms with Crippen LogP contribution in [0, 0.1) is 6.92 Å². The number of furan rings is 1. The second-order valence-electron chi connectivity index (χ2n) is 4.97. The SMILES string of the molecule is CCNC(=NCc1ncc(C)s1)NCCCOCc1ccco1.I. The maximum atomic E-state index is 5.55. The Kier molecular flexibility index (Phi) is 10.7. The molecule has 2 rings (SSSR count). The van der Waals surface area contributed by atoms with E-state index in [0.29, 0.717) is 19.8 Å². The van der Waals surface area contributed by atoms with Crippen LogP contribution in [0.5, 0.6) is 0 Å². The molecule has 0 aliphatic heterocycles. The van der Waals surface area contributed by atoms with Crippen molar-refractivity contribution in [2.24, 2.45) is 4.99 Å². The molecule has 0 aliphatic carbocycles. The van der Waals surface area contributed by atoms with E-state index in [9.17, 15) is 0 Å². The Balaban J connectivity index is 0.00000288. The third-order valence-corrected chi connectivity index (χ3v) is 3.87. The van der Waals surface area contributed by atoms with Gasteiger partial charge in [-0.15, -0.1) is 35.3 Å². The summed E-state index contributed by atoms with van der Waals surface area (Å²) in [5.74, 6) is 1.66. The van der Waals surface area contributed by atoms with E-state index in [0.717, 1.165) is 36.2 Å². The van der Waals surface area contributed by atoms with Crippen LogP contribution in [0.3, 0.4) is 0 Å².